The summed E-state index contributed by atoms with van der Waals surface area (Å²) in [6, 6.07) is 4.20. The topological polar surface area (TPSA) is 30.5 Å². The minimum atomic E-state index is -0.313. The van der Waals surface area contributed by atoms with Crippen molar-refractivity contribution >= 4 is 28.9 Å². The molecule has 1 heterocycles. The minimum Gasteiger partial charge on any atom is -0.381 e. The van der Waals surface area contributed by atoms with Gasteiger partial charge in [-0.25, -0.2) is 0 Å². The van der Waals surface area contributed by atoms with Crippen molar-refractivity contribution in [3.8, 4) is 0 Å². The van der Waals surface area contributed by atoms with Crippen LogP contribution in [0.25, 0.3) is 0 Å². The van der Waals surface area contributed by atoms with E-state index < -0.39 is 0 Å². The highest BCUT2D eigenvalue weighted by molar-refractivity contribution is 6.35. The van der Waals surface area contributed by atoms with E-state index in [-0.39, 0.29) is 5.79 Å². The lowest BCUT2D eigenvalue weighted by atomic mass is 9.90. The number of benzene rings is 1. The molecule has 2 fully saturated rings. The number of aryl methyl sites for hydroxylation is 1. The van der Waals surface area contributed by atoms with E-state index in [1.807, 2.05) is 19.1 Å². The van der Waals surface area contributed by atoms with Crippen molar-refractivity contribution in [2.75, 3.05) is 18.5 Å². The molecule has 0 amide bonds. The summed E-state index contributed by atoms with van der Waals surface area (Å²) < 4.78 is 11.5. The fraction of sp³-hybridized carbons (Fsp3) is 0.600. The fourth-order valence-corrected chi connectivity index (χ4v) is 3.40. The lowest BCUT2D eigenvalue weighted by Gasteiger charge is -2.36. The summed E-state index contributed by atoms with van der Waals surface area (Å²) in [4.78, 5) is 0. The lowest BCUT2D eigenvalue weighted by molar-refractivity contribution is -0.177. The molecule has 1 aromatic carbocycles. The molecule has 1 aromatic rings. The Morgan fingerprint density at radius 1 is 1.10 bits per heavy atom. The van der Waals surface area contributed by atoms with Gasteiger partial charge in [-0.1, -0.05) is 23.2 Å². The maximum Gasteiger partial charge on any atom is 0.168 e. The Morgan fingerprint density at radius 3 is 2.40 bits per heavy atom. The standard InChI is InChI=1S/C15H19Cl2NO2/c1-10-8-13(17)14(9-12(10)16)18-11-2-4-15(5-3-11)19-6-7-20-15/h8-9,11,18H,2-7H2,1H3. The molecule has 0 radical (unpaired) electrons. The minimum absolute atomic E-state index is 0.313. The SMILES string of the molecule is Cc1cc(Cl)c(NC2CCC3(CC2)OCCO3)cc1Cl. The van der Waals surface area contributed by atoms with Gasteiger partial charge in [-0.2, -0.15) is 0 Å². The van der Waals surface area contributed by atoms with Gasteiger partial charge in [0.2, 0.25) is 0 Å². The van der Waals surface area contributed by atoms with Crippen LogP contribution in [0.4, 0.5) is 5.69 Å². The first-order valence-corrected chi connectivity index (χ1v) is 7.84. The molecule has 5 heteroatoms. The smallest absolute Gasteiger partial charge is 0.168 e. The highest BCUT2D eigenvalue weighted by Gasteiger charge is 2.40. The first-order valence-electron chi connectivity index (χ1n) is 7.08. The lowest BCUT2D eigenvalue weighted by Crippen LogP contribution is -2.39. The molecule has 20 heavy (non-hydrogen) atoms. The molecule has 0 atom stereocenters. The van der Waals surface area contributed by atoms with Crippen LogP contribution in [0.5, 0.6) is 0 Å². The van der Waals surface area contributed by atoms with E-state index in [9.17, 15) is 0 Å². The number of hydrogen-bond acceptors (Lipinski definition) is 3. The van der Waals surface area contributed by atoms with Crippen LogP contribution < -0.4 is 5.32 Å². The molecule has 0 unspecified atom stereocenters. The first-order chi connectivity index (χ1) is 9.58. The number of anilines is 1. The van der Waals surface area contributed by atoms with Gasteiger partial charge in [0.05, 0.1) is 23.9 Å². The number of rotatable bonds is 2. The second kappa shape index (κ2) is 5.72. The Labute approximate surface area is 129 Å². The number of nitrogens with one attached hydrogen (secondary N) is 1. The van der Waals surface area contributed by atoms with E-state index in [2.05, 4.69) is 5.32 Å². The summed E-state index contributed by atoms with van der Waals surface area (Å²) in [5, 5.41) is 4.96. The second-order valence-corrected chi connectivity index (χ2v) is 6.42. The summed E-state index contributed by atoms with van der Waals surface area (Å²) in [6.45, 7) is 3.39. The summed E-state index contributed by atoms with van der Waals surface area (Å²) >= 11 is 12.4. The third-order valence-electron chi connectivity index (χ3n) is 4.17. The van der Waals surface area contributed by atoms with Crippen molar-refractivity contribution in [3.63, 3.8) is 0 Å². The van der Waals surface area contributed by atoms with E-state index in [4.69, 9.17) is 32.7 Å². The van der Waals surface area contributed by atoms with Gasteiger partial charge in [-0.3, -0.25) is 0 Å². The largest absolute Gasteiger partial charge is 0.381 e. The van der Waals surface area contributed by atoms with Crippen LogP contribution in [0, 0.1) is 6.92 Å². The molecule has 1 aliphatic carbocycles. The number of halogens is 2. The van der Waals surface area contributed by atoms with Gasteiger partial charge in [0, 0.05) is 23.9 Å². The van der Waals surface area contributed by atoms with Crippen molar-refractivity contribution in [1.82, 2.24) is 0 Å². The molecule has 1 spiro atoms. The van der Waals surface area contributed by atoms with Crippen LogP contribution in [-0.2, 0) is 9.47 Å². The van der Waals surface area contributed by atoms with Gasteiger partial charge in [-0.05, 0) is 37.5 Å². The highest BCUT2D eigenvalue weighted by atomic mass is 35.5. The van der Waals surface area contributed by atoms with Gasteiger partial charge < -0.3 is 14.8 Å². The Kier molecular flexibility index (Phi) is 4.14. The molecule has 1 saturated heterocycles. The Hall–Kier alpha value is -0.480. The Morgan fingerprint density at radius 2 is 1.75 bits per heavy atom. The average Bonchev–Trinajstić information content (AvgIpc) is 2.87. The van der Waals surface area contributed by atoms with Crippen molar-refractivity contribution in [2.24, 2.45) is 0 Å². The molecular weight excluding hydrogens is 297 g/mol. The van der Waals surface area contributed by atoms with Crippen molar-refractivity contribution in [1.29, 1.82) is 0 Å². The van der Waals surface area contributed by atoms with E-state index in [0.717, 1.165) is 60.2 Å². The molecule has 1 aliphatic heterocycles. The molecule has 2 aliphatic rings. The third kappa shape index (κ3) is 2.91. The van der Waals surface area contributed by atoms with E-state index in [1.54, 1.807) is 0 Å². The molecule has 0 bridgehead atoms. The van der Waals surface area contributed by atoms with Gasteiger partial charge in [0.15, 0.2) is 5.79 Å². The maximum absolute atomic E-state index is 6.27. The fourth-order valence-electron chi connectivity index (χ4n) is 2.96. The molecule has 3 nitrogen and oxygen atoms in total. The summed E-state index contributed by atoms with van der Waals surface area (Å²) in [6.07, 6.45) is 3.90. The summed E-state index contributed by atoms with van der Waals surface area (Å²) in [5.41, 5.74) is 1.91. The normalized spacial score (nSPS) is 22.4. The zero-order valence-electron chi connectivity index (χ0n) is 11.5. The molecular formula is C15H19Cl2NO2. The molecule has 110 valence electrons. The van der Waals surface area contributed by atoms with Gasteiger partial charge in [-0.15, -0.1) is 0 Å². The predicted octanol–water partition coefficient (Wildman–Crippen LogP) is 4.40. The first kappa shape index (κ1) is 14.5. The predicted molar refractivity (Wildman–Crippen MR) is 81.7 cm³/mol. The highest BCUT2D eigenvalue weighted by Crippen LogP contribution is 2.38. The van der Waals surface area contributed by atoms with Gasteiger partial charge >= 0.3 is 0 Å². The van der Waals surface area contributed by atoms with E-state index in [0.29, 0.717) is 6.04 Å². The summed E-state index contributed by atoms with van der Waals surface area (Å²) in [5.74, 6) is -0.313. The van der Waals surface area contributed by atoms with E-state index in [1.165, 1.54) is 0 Å². The van der Waals surface area contributed by atoms with Crippen molar-refractivity contribution in [2.45, 2.75) is 44.4 Å². The third-order valence-corrected chi connectivity index (χ3v) is 4.89. The summed E-state index contributed by atoms with van der Waals surface area (Å²) in [7, 11) is 0. The van der Waals surface area contributed by atoms with E-state index >= 15 is 0 Å². The van der Waals surface area contributed by atoms with Crippen LogP contribution in [0.3, 0.4) is 0 Å². The molecule has 0 aromatic heterocycles. The zero-order chi connectivity index (χ0) is 14.2. The molecule has 1 saturated carbocycles. The number of hydrogen-bond donors (Lipinski definition) is 1. The van der Waals surface area contributed by atoms with Gasteiger partial charge in [0.1, 0.15) is 0 Å². The maximum atomic E-state index is 6.27. The van der Waals surface area contributed by atoms with Crippen molar-refractivity contribution in [3.05, 3.63) is 27.7 Å². The quantitative estimate of drug-likeness (QED) is 0.877. The number of ether oxygens (including phenoxy) is 2. The second-order valence-electron chi connectivity index (χ2n) is 5.61. The van der Waals surface area contributed by atoms with Crippen LogP contribution in [0.2, 0.25) is 10.0 Å². The Bertz CT molecular complexity index is 491. The van der Waals surface area contributed by atoms with Crippen LogP contribution in [0.15, 0.2) is 12.1 Å². The van der Waals surface area contributed by atoms with Crippen molar-refractivity contribution < 1.29 is 9.47 Å². The zero-order valence-corrected chi connectivity index (χ0v) is 13.1. The van der Waals surface area contributed by atoms with Crippen LogP contribution in [0.1, 0.15) is 31.2 Å². The van der Waals surface area contributed by atoms with Crippen LogP contribution in [-0.4, -0.2) is 25.0 Å². The van der Waals surface area contributed by atoms with Crippen LogP contribution >= 0.6 is 23.2 Å². The molecule has 3 rings (SSSR count). The monoisotopic (exact) mass is 315 g/mol. The average molecular weight is 316 g/mol. The Balaban J connectivity index is 1.63. The van der Waals surface area contributed by atoms with Gasteiger partial charge in [0.25, 0.3) is 0 Å². The molecule has 1 N–H and O–H groups in total.